The van der Waals surface area contributed by atoms with E-state index in [0.717, 1.165) is 16.7 Å². The third-order valence-electron chi connectivity index (χ3n) is 6.65. The molecular weight excluding hydrogens is 604 g/mol. The van der Waals surface area contributed by atoms with Gasteiger partial charge in [0.2, 0.25) is 17.6 Å². The van der Waals surface area contributed by atoms with Crippen molar-refractivity contribution in [3.05, 3.63) is 101 Å². The van der Waals surface area contributed by atoms with Crippen molar-refractivity contribution < 1.29 is 42.8 Å². The van der Waals surface area contributed by atoms with E-state index >= 15 is 0 Å². The molecule has 0 spiro atoms. The lowest BCUT2D eigenvalue weighted by Crippen LogP contribution is -2.12. The van der Waals surface area contributed by atoms with Gasteiger partial charge in [0.15, 0.2) is 11.5 Å². The first-order chi connectivity index (χ1) is 22.6. The highest BCUT2D eigenvalue weighted by Crippen LogP contribution is 2.38. The van der Waals surface area contributed by atoms with Gasteiger partial charge in [0.05, 0.1) is 48.2 Å². The molecule has 246 valence electrons. The summed E-state index contributed by atoms with van der Waals surface area (Å²) in [5.74, 6) is 1.28. The lowest BCUT2D eigenvalue weighted by atomic mass is 10.1. The van der Waals surface area contributed by atoms with Crippen LogP contribution in [0.2, 0.25) is 0 Å². The Morgan fingerprint density at radius 2 is 0.979 bits per heavy atom. The van der Waals surface area contributed by atoms with Crippen molar-refractivity contribution in [1.82, 2.24) is 0 Å². The molecule has 0 atom stereocenters. The molecular formula is C36H38N2O9. The van der Waals surface area contributed by atoms with Gasteiger partial charge in [0, 0.05) is 29.1 Å². The molecule has 0 radical (unpaired) electrons. The summed E-state index contributed by atoms with van der Waals surface area (Å²) in [5.41, 5.74) is 3.16. The number of benzene rings is 3. The largest absolute Gasteiger partial charge is 0.496 e. The van der Waals surface area contributed by atoms with E-state index in [1.165, 1.54) is 58.8 Å². The van der Waals surface area contributed by atoms with Gasteiger partial charge in [-0.2, -0.15) is 0 Å². The summed E-state index contributed by atoms with van der Waals surface area (Å²) in [6, 6.07) is 11.7. The lowest BCUT2D eigenvalue weighted by Gasteiger charge is -2.12. The van der Waals surface area contributed by atoms with Gasteiger partial charge in [-0.3, -0.25) is 9.59 Å². The van der Waals surface area contributed by atoms with Crippen LogP contribution in [0.3, 0.4) is 0 Å². The predicted molar refractivity (Wildman–Crippen MR) is 182 cm³/mol. The van der Waals surface area contributed by atoms with Crippen LogP contribution in [0, 0.1) is 6.92 Å². The Kier molecular flexibility index (Phi) is 13.2. The van der Waals surface area contributed by atoms with Crippen LogP contribution in [0.15, 0.2) is 78.9 Å². The summed E-state index contributed by atoms with van der Waals surface area (Å²) in [4.78, 5) is 37.6. The fraction of sp³-hybridized carbons (Fsp3) is 0.194. The summed E-state index contributed by atoms with van der Waals surface area (Å²) >= 11 is 0. The number of hydrogen-bond acceptors (Lipinski definition) is 9. The van der Waals surface area contributed by atoms with Gasteiger partial charge in [-0.1, -0.05) is 36.5 Å². The third kappa shape index (κ3) is 10.0. The van der Waals surface area contributed by atoms with Gasteiger partial charge in [-0.25, -0.2) is 4.79 Å². The molecule has 0 aromatic heterocycles. The molecule has 3 aromatic carbocycles. The van der Waals surface area contributed by atoms with E-state index in [2.05, 4.69) is 10.6 Å². The topological polar surface area (TPSA) is 131 Å². The number of esters is 1. The molecule has 0 fully saturated rings. The molecule has 0 aliphatic rings. The first kappa shape index (κ1) is 35.5. The Balaban J connectivity index is 1.70. The molecule has 0 bridgehead atoms. The van der Waals surface area contributed by atoms with Crippen molar-refractivity contribution in [3.63, 3.8) is 0 Å². The summed E-state index contributed by atoms with van der Waals surface area (Å²) in [6.45, 7) is 1.90. The maximum atomic E-state index is 12.7. The standard InChI is InChI=1S/C36H38N2O9/c1-23-29(42-2)16-24(17-30(23)43-3)12-8-10-14-33(39)37-27-20-26(36(41)47-7)21-28(22-27)38-34(40)15-11-9-13-25-18-31(44-4)35(46-6)32(19-25)45-5/h8-22H,1-7H3,(H,37,39)(H,38,40)/b12-8+,13-9+,14-10+,15-11+. The maximum absolute atomic E-state index is 12.7. The van der Waals surface area contributed by atoms with E-state index in [-0.39, 0.29) is 16.9 Å². The monoisotopic (exact) mass is 642 g/mol. The smallest absolute Gasteiger partial charge is 0.337 e. The molecule has 11 nitrogen and oxygen atoms in total. The molecule has 0 aliphatic heterocycles. The Morgan fingerprint density at radius 1 is 0.553 bits per heavy atom. The Hall–Kier alpha value is -5.97. The van der Waals surface area contributed by atoms with Crippen LogP contribution < -0.4 is 34.3 Å². The minimum Gasteiger partial charge on any atom is -0.496 e. The number of carbonyl (C=O) groups is 3. The summed E-state index contributed by atoms with van der Waals surface area (Å²) in [6.07, 6.45) is 12.7. The van der Waals surface area contributed by atoms with Gasteiger partial charge in [-0.05, 0) is 60.5 Å². The number of anilines is 2. The fourth-order valence-electron chi connectivity index (χ4n) is 4.39. The van der Waals surface area contributed by atoms with Crippen LogP contribution >= 0.6 is 0 Å². The molecule has 3 rings (SSSR count). The van der Waals surface area contributed by atoms with E-state index in [1.54, 1.807) is 62.8 Å². The number of ether oxygens (including phenoxy) is 6. The summed E-state index contributed by atoms with van der Waals surface area (Å²) < 4.78 is 31.7. The summed E-state index contributed by atoms with van der Waals surface area (Å²) in [7, 11) is 8.98. The number of hydrogen-bond donors (Lipinski definition) is 2. The number of methoxy groups -OCH3 is 6. The second kappa shape index (κ2) is 17.5. The third-order valence-corrected chi connectivity index (χ3v) is 6.65. The zero-order valence-electron chi connectivity index (χ0n) is 27.3. The Morgan fingerprint density at radius 3 is 1.36 bits per heavy atom. The van der Waals surface area contributed by atoms with Gasteiger partial charge < -0.3 is 39.1 Å². The number of carbonyl (C=O) groups excluding carboxylic acids is 3. The van der Waals surface area contributed by atoms with E-state index in [0.29, 0.717) is 28.7 Å². The Labute approximate surface area is 274 Å². The van der Waals surface area contributed by atoms with Gasteiger partial charge >= 0.3 is 5.97 Å². The van der Waals surface area contributed by atoms with Crippen LogP contribution in [0.4, 0.5) is 11.4 Å². The highest BCUT2D eigenvalue weighted by molar-refractivity contribution is 6.04. The molecule has 0 aliphatic carbocycles. The lowest BCUT2D eigenvalue weighted by molar-refractivity contribution is -0.112. The molecule has 0 unspecified atom stereocenters. The highest BCUT2D eigenvalue weighted by Gasteiger charge is 2.13. The second-order valence-corrected chi connectivity index (χ2v) is 9.71. The van der Waals surface area contributed by atoms with E-state index < -0.39 is 17.8 Å². The molecule has 11 heteroatoms. The minimum atomic E-state index is -0.636. The van der Waals surface area contributed by atoms with E-state index in [1.807, 2.05) is 19.1 Å². The van der Waals surface area contributed by atoms with Crippen LogP contribution in [-0.2, 0) is 14.3 Å². The van der Waals surface area contributed by atoms with Crippen molar-refractivity contribution in [1.29, 1.82) is 0 Å². The van der Waals surface area contributed by atoms with E-state index in [9.17, 15) is 14.4 Å². The minimum absolute atomic E-state index is 0.137. The molecule has 3 aromatic rings. The SMILES string of the molecule is COC(=O)c1cc(NC(=O)/C=C/C=C/c2cc(OC)c(C)c(OC)c2)cc(NC(=O)/C=C/C=C/c2cc(OC)c(OC)c(OC)c2)c1. The van der Waals surface area contributed by atoms with Crippen molar-refractivity contribution >= 4 is 41.3 Å². The zero-order chi connectivity index (χ0) is 34.3. The molecule has 47 heavy (non-hydrogen) atoms. The predicted octanol–water partition coefficient (Wildman–Crippen LogP) is 6.24. The first-order valence-electron chi connectivity index (χ1n) is 14.2. The summed E-state index contributed by atoms with van der Waals surface area (Å²) in [5, 5.41) is 5.39. The molecule has 0 saturated heterocycles. The molecule has 2 N–H and O–H groups in total. The van der Waals surface area contributed by atoms with Crippen molar-refractivity contribution in [2.45, 2.75) is 6.92 Å². The quantitative estimate of drug-likeness (QED) is 0.119. The normalized spacial score (nSPS) is 11.2. The fourth-order valence-corrected chi connectivity index (χ4v) is 4.39. The van der Waals surface area contributed by atoms with Crippen molar-refractivity contribution in [3.8, 4) is 28.7 Å². The molecule has 2 amide bonds. The van der Waals surface area contributed by atoms with Gasteiger partial charge in [0.25, 0.3) is 0 Å². The number of allylic oxidation sites excluding steroid dienone is 4. The van der Waals surface area contributed by atoms with Crippen LogP contribution in [0.1, 0.15) is 27.0 Å². The van der Waals surface area contributed by atoms with Crippen molar-refractivity contribution in [2.75, 3.05) is 53.3 Å². The number of rotatable bonds is 14. The maximum Gasteiger partial charge on any atom is 0.337 e. The zero-order valence-corrected chi connectivity index (χ0v) is 27.3. The van der Waals surface area contributed by atoms with E-state index in [4.69, 9.17) is 28.4 Å². The van der Waals surface area contributed by atoms with Gasteiger partial charge in [0.1, 0.15) is 11.5 Å². The average molecular weight is 643 g/mol. The number of nitrogens with one attached hydrogen (secondary N) is 2. The average Bonchev–Trinajstić information content (AvgIpc) is 3.07. The molecule has 0 heterocycles. The van der Waals surface area contributed by atoms with Crippen LogP contribution in [-0.4, -0.2) is 60.4 Å². The van der Waals surface area contributed by atoms with Gasteiger partial charge in [-0.15, -0.1) is 0 Å². The molecule has 0 saturated carbocycles. The number of amides is 2. The van der Waals surface area contributed by atoms with Crippen LogP contribution in [0.5, 0.6) is 28.7 Å². The second-order valence-electron chi connectivity index (χ2n) is 9.71. The van der Waals surface area contributed by atoms with Crippen molar-refractivity contribution in [2.24, 2.45) is 0 Å². The first-order valence-corrected chi connectivity index (χ1v) is 14.2. The highest BCUT2D eigenvalue weighted by atomic mass is 16.5. The Bertz CT molecular complexity index is 1670. The van der Waals surface area contributed by atoms with Crippen LogP contribution in [0.25, 0.3) is 12.2 Å².